The molecule has 0 fully saturated rings. The van der Waals surface area contributed by atoms with Gasteiger partial charge >= 0.3 is 0 Å². The molecule has 1 N–H and O–H groups in total. The van der Waals surface area contributed by atoms with Gasteiger partial charge in [0.25, 0.3) is 5.91 Å². The molecule has 0 saturated carbocycles. The number of benzene rings is 3. The summed E-state index contributed by atoms with van der Waals surface area (Å²) >= 11 is 0. The molecule has 162 valence electrons. The van der Waals surface area contributed by atoms with Gasteiger partial charge in [0.05, 0.1) is 23.9 Å². The van der Waals surface area contributed by atoms with Gasteiger partial charge in [-0.15, -0.1) is 0 Å². The van der Waals surface area contributed by atoms with Crippen LogP contribution in [0.2, 0.25) is 0 Å². The number of nitriles is 1. The number of amides is 1. The second kappa shape index (κ2) is 7.84. The van der Waals surface area contributed by atoms with Crippen LogP contribution in [0.25, 0.3) is 33.2 Å². The first-order valence-corrected chi connectivity index (χ1v) is 10.4. The van der Waals surface area contributed by atoms with Gasteiger partial charge < -0.3 is 14.6 Å². The molecule has 0 atom stereocenters. The van der Waals surface area contributed by atoms with Gasteiger partial charge in [-0.25, -0.2) is 0 Å². The molecule has 0 aliphatic heterocycles. The highest BCUT2D eigenvalue weighted by atomic mass is 16.5. The lowest BCUT2D eigenvalue weighted by atomic mass is 10.1. The number of hydrogen-bond acceptors (Lipinski definition) is 4. The molecule has 1 amide bonds. The van der Waals surface area contributed by atoms with Crippen molar-refractivity contribution in [3.63, 3.8) is 0 Å². The number of aryl methyl sites for hydroxylation is 2. The van der Waals surface area contributed by atoms with Crippen molar-refractivity contribution in [1.82, 2.24) is 14.3 Å². The monoisotopic (exact) mass is 435 g/mol. The van der Waals surface area contributed by atoms with Gasteiger partial charge in [0, 0.05) is 41.6 Å². The van der Waals surface area contributed by atoms with Crippen LogP contribution >= 0.6 is 0 Å². The number of rotatable bonds is 4. The topological polar surface area (TPSA) is 84.9 Å². The van der Waals surface area contributed by atoms with Crippen molar-refractivity contribution >= 4 is 33.4 Å². The standard InChI is InChI=1S/C26H21N5O2/c1-30-21-7-5-4-6-16(21)14-23(30)25-20-13-17(8-10-22(20)31(2)29-25)26(32)28-19-9-11-24(33-3)18(12-19)15-27/h4-14H,1-3H3,(H,28,32). The zero-order valence-electron chi connectivity index (χ0n) is 18.5. The number of para-hydroxylation sites is 1. The third-order valence-electron chi connectivity index (χ3n) is 5.88. The molecule has 33 heavy (non-hydrogen) atoms. The lowest BCUT2D eigenvalue weighted by Gasteiger charge is -2.08. The second-order valence-corrected chi connectivity index (χ2v) is 7.83. The van der Waals surface area contributed by atoms with E-state index >= 15 is 0 Å². The summed E-state index contributed by atoms with van der Waals surface area (Å²) in [7, 11) is 5.42. The molecule has 3 aromatic carbocycles. The summed E-state index contributed by atoms with van der Waals surface area (Å²) in [4.78, 5) is 13.0. The summed E-state index contributed by atoms with van der Waals surface area (Å²) < 4.78 is 9.11. The van der Waals surface area contributed by atoms with E-state index in [2.05, 4.69) is 34.2 Å². The Morgan fingerprint density at radius 1 is 1.03 bits per heavy atom. The number of hydrogen-bond donors (Lipinski definition) is 1. The van der Waals surface area contributed by atoms with Gasteiger partial charge in [0.1, 0.15) is 17.5 Å². The number of ether oxygens (including phenoxy) is 1. The first-order chi connectivity index (χ1) is 16.0. The highest BCUT2D eigenvalue weighted by molar-refractivity contribution is 6.08. The highest BCUT2D eigenvalue weighted by Crippen LogP contribution is 2.32. The average Bonchev–Trinajstić information content (AvgIpc) is 3.35. The van der Waals surface area contributed by atoms with E-state index in [1.807, 2.05) is 43.0 Å². The van der Waals surface area contributed by atoms with E-state index in [0.717, 1.165) is 33.2 Å². The van der Waals surface area contributed by atoms with Gasteiger partial charge in [-0.05, 0) is 48.5 Å². The number of carbonyl (C=O) groups excluding carboxylic acids is 1. The minimum Gasteiger partial charge on any atom is -0.495 e. The van der Waals surface area contributed by atoms with E-state index in [9.17, 15) is 10.1 Å². The van der Waals surface area contributed by atoms with Crippen LogP contribution < -0.4 is 10.1 Å². The van der Waals surface area contributed by atoms with Crippen molar-refractivity contribution in [2.45, 2.75) is 0 Å². The molecule has 2 aromatic heterocycles. The number of fused-ring (bicyclic) bond motifs is 2. The number of nitrogens with zero attached hydrogens (tertiary/aromatic N) is 4. The van der Waals surface area contributed by atoms with E-state index < -0.39 is 0 Å². The average molecular weight is 435 g/mol. The predicted molar refractivity (Wildman–Crippen MR) is 128 cm³/mol. The zero-order chi connectivity index (χ0) is 23.1. The maximum Gasteiger partial charge on any atom is 0.255 e. The molecule has 0 bridgehead atoms. The van der Waals surface area contributed by atoms with Crippen LogP contribution in [0.15, 0.2) is 66.7 Å². The van der Waals surface area contributed by atoms with Crippen LogP contribution in [-0.4, -0.2) is 27.4 Å². The Balaban J connectivity index is 1.55. The van der Waals surface area contributed by atoms with Crippen LogP contribution in [0.4, 0.5) is 5.69 Å². The molecule has 7 nitrogen and oxygen atoms in total. The largest absolute Gasteiger partial charge is 0.495 e. The molecule has 0 radical (unpaired) electrons. The van der Waals surface area contributed by atoms with Crippen LogP contribution in [0.3, 0.4) is 0 Å². The Bertz CT molecular complexity index is 1590. The fourth-order valence-corrected chi connectivity index (χ4v) is 4.19. The van der Waals surface area contributed by atoms with Crippen molar-refractivity contribution in [1.29, 1.82) is 5.26 Å². The first-order valence-electron chi connectivity index (χ1n) is 10.4. The minimum absolute atomic E-state index is 0.266. The lowest BCUT2D eigenvalue weighted by molar-refractivity contribution is 0.102. The summed E-state index contributed by atoms with van der Waals surface area (Å²) in [5.74, 6) is 0.199. The summed E-state index contributed by atoms with van der Waals surface area (Å²) in [5.41, 5.74) is 5.24. The van der Waals surface area contributed by atoms with Crippen molar-refractivity contribution < 1.29 is 9.53 Å². The Morgan fingerprint density at radius 3 is 2.61 bits per heavy atom. The van der Waals surface area contributed by atoms with Crippen LogP contribution in [0, 0.1) is 11.3 Å². The molecule has 2 heterocycles. The van der Waals surface area contributed by atoms with E-state index in [1.165, 1.54) is 7.11 Å². The fourth-order valence-electron chi connectivity index (χ4n) is 4.19. The quantitative estimate of drug-likeness (QED) is 0.437. The minimum atomic E-state index is -0.266. The smallest absolute Gasteiger partial charge is 0.255 e. The van der Waals surface area contributed by atoms with Gasteiger partial charge in [0.15, 0.2) is 0 Å². The molecule has 5 aromatic rings. The van der Waals surface area contributed by atoms with E-state index in [1.54, 1.807) is 24.3 Å². The Hall–Kier alpha value is -4.57. The van der Waals surface area contributed by atoms with Gasteiger partial charge in [0.2, 0.25) is 0 Å². The van der Waals surface area contributed by atoms with Gasteiger partial charge in [-0.3, -0.25) is 9.48 Å². The lowest BCUT2D eigenvalue weighted by Crippen LogP contribution is -2.12. The SMILES string of the molecule is COc1ccc(NC(=O)c2ccc3c(c2)c(-c2cc4ccccc4n2C)nn3C)cc1C#N. The number of carbonyl (C=O) groups is 1. The molecule has 7 heteroatoms. The maximum absolute atomic E-state index is 13.0. The maximum atomic E-state index is 13.0. The summed E-state index contributed by atoms with van der Waals surface area (Å²) in [6.07, 6.45) is 0. The van der Waals surface area contributed by atoms with E-state index in [4.69, 9.17) is 9.84 Å². The highest BCUT2D eigenvalue weighted by Gasteiger charge is 2.18. The van der Waals surface area contributed by atoms with Gasteiger partial charge in [-0.2, -0.15) is 10.4 Å². The molecule has 0 aliphatic rings. The predicted octanol–water partition coefficient (Wildman–Crippen LogP) is 4.86. The van der Waals surface area contributed by atoms with Crippen molar-refractivity contribution in [2.24, 2.45) is 14.1 Å². The second-order valence-electron chi connectivity index (χ2n) is 7.83. The Labute approximate surface area is 190 Å². The van der Waals surface area contributed by atoms with Crippen molar-refractivity contribution in [3.8, 4) is 23.2 Å². The number of aromatic nitrogens is 3. The number of anilines is 1. The molecule has 0 spiro atoms. The Kier molecular flexibility index (Phi) is 4.83. The van der Waals surface area contributed by atoms with Crippen molar-refractivity contribution in [2.75, 3.05) is 12.4 Å². The number of methoxy groups -OCH3 is 1. The van der Waals surface area contributed by atoms with Crippen molar-refractivity contribution in [3.05, 3.63) is 77.9 Å². The Morgan fingerprint density at radius 2 is 1.85 bits per heavy atom. The summed E-state index contributed by atoms with van der Waals surface area (Å²) in [5, 5.41) is 19.0. The molecule has 0 aliphatic carbocycles. The summed E-state index contributed by atoms with van der Waals surface area (Å²) in [6, 6.07) is 22.9. The molecule has 0 saturated heterocycles. The fraction of sp³-hybridized carbons (Fsp3) is 0.115. The van der Waals surface area contributed by atoms with Crippen LogP contribution in [-0.2, 0) is 14.1 Å². The van der Waals surface area contributed by atoms with Crippen LogP contribution in [0.1, 0.15) is 15.9 Å². The first kappa shape index (κ1) is 20.3. The normalized spacial score (nSPS) is 11.0. The molecule has 0 unspecified atom stereocenters. The summed E-state index contributed by atoms with van der Waals surface area (Å²) in [6.45, 7) is 0. The zero-order valence-corrected chi connectivity index (χ0v) is 18.5. The molecular formula is C26H21N5O2. The number of nitrogens with one attached hydrogen (secondary N) is 1. The van der Waals surface area contributed by atoms with E-state index in [0.29, 0.717) is 22.6 Å². The van der Waals surface area contributed by atoms with E-state index in [-0.39, 0.29) is 5.91 Å². The molecule has 5 rings (SSSR count). The van der Waals surface area contributed by atoms with Gasteiger partial charge in [-0.1, -0.05) is 18.2 Å². The third kappa shape index (κ3) is 3.38. The van der Waals surface area contributed by atoms with Crippen LogP contribution in [0.5, 0.6) is 5.75 Å². The third-order valence-corrected chi connectivity index (χ3v) is 5.88. The molecular weight excluding hydrogens is 414 g/mol.